The van der Waals surface area contributed by atoms with E-state index in [0.29, 0.717) is 46.7 Å². The van der Waals surface area contributed by atoms with E-state index in [-0.39, 0.29) is 17.3 Å². The van der Waals surface area contributed by atoms with E-state index >= 15 is 0 Å². The summed E-state index contributed by atoms with van der Waals surface area (Å²) >= 11 is 0. The van der Waals surface area contributed by atoms with Crippen molar-refractivity contribution in [1.82, 2.24) is 0 Å². The maximum Gasteiger partial charge on any atom is 0.308 e. The largest absolute Gasteiger partial charge is 0.469 e. The lowest BCUT2D eigenvalue weighted by Crippen LogP contribution is -2.56. The van der Waals surface area contributed by atoms with Crippen molar-refractivity contribution in [2.24, 2.45) is 52.3 Å². The first-order chi connectivity index (χ1) is 14.3. The molecule has 4 fully saturated rings. The minimum absolute atomic E-state index is 0.0159. The number of ketones is 1. The molecule has 170 valence electrons. The lowest BCUT2D eigenvalue weighted by Gasteiger charge is -2.60. The Hall–Kier alpha value is -0.860. The van der Waals surface area contributed by atoms with Crippen LogP contribution in [-0.4, -0.2) is 18.9 Å². The number of fused-ring (bicyclic) bond motifs is 5. The highest BCUT2D eigenvalue weighted by Crippen LogP contribution is 2.67. The van der Waals surface area contributed by atoms with Crippen molar-refractivity contribution < 1.29 is 14.3 Å². The van der Waals surface area contributed by atoms with Gasteiger partial charge in [0, 0.05) is 12.3 Å². The van der Waals surface area contributed by atoms with Gasteiger partial charge in [-0.05, 0) is 91.8 Å². The van der Waals surface area contributed by atoms with Gasteiger partial charge in [0.25, 0.3) is 0 Å². The van der Waals surface area contributed by atoms with Gasteiger partial charge in [0.15, 0.2) is 0 Å². The van der Waals surface area contributed by atoms with Crippen LogP contribution in [0.1, 0.15) is 98.3 Å². The molecule has 4 rings (SSSR count). The molecule has 0 spiro atoms. The highest BCUT2D eigenvalue weighted by Gasteiger charge is 2.62. The van der Waals surface area contributed by atoms with Crippen molar-refractivity contribution in [3.05, 3.63) is 0 Å². The molecule has 0 bridgehead atoms. The minimum Gasteiger partial charge on any atom is -0.469 e. The van der Waals surface area contributed by atoms with E-state index in [2.05, 4.69) is 27.7 Å². The molecular formula is C27H44O3. The SMILES string of the molecule is CCC(CC(C)[C@H]1CC[C@H]2[C@@H]3C(=O)CC4CCCC[C@]4(C)[C@H]3CC[C@]12C)C(=O)OC. The third-order valence-electron chi connectivity index (χ3n) is 10.8. The van der Waals surface area contributed by atoms with Crippen LogP contribution in [0.4, 0.5) is 0 Å². The molecule has 9 atom stereocenters. The van der Waals surface area contributed by atoms with Gasteiger partial charge in [0.2, 0.25) is 0 Å². The molecular weight excluding hydrogens is 372 g/mol. The predicted molar refractivity (Wildman–Crippen MR) is 120 cm³/mol. The summed E-state index contributed by atoms with van der Waals surface area (Å²) in [6.07, 6.45) is 12.9. The van der Waals surface area contributed by atoms with Crippen molar-refractivity contribution in [3.63, 3.8) is 0 Å². The van der Waals surface area contributed by atoms with Crippen molar-refractivity contribution in [2.75, 3.05) is 7.11 Å². The Kier molecular flexibility index (Phi) is 6.14. The standard InChI is InChI=1S/C27H44O3/c1-6-18(25(29)30-5)15-17(2)20-10-11-21-24-22(12-14-27(20,21)4)26(3)13-8-7-9-19(26)16-23(24)28/h17-22,24H,6-16H2,1-5H3/t17?,18?,19?,20-,21+,22+,24+,26+,27-/m1/s1. The summed E-state index contributed by atoms with van der Waals surface area (Å²) in [5, 5.41) is 0. The van der Waals surface area contributed by atoms with Gasteiger partial charge in [-0.1, -0.05) is 40.5 Å². The van der Waals surface area contributed by atoms with Crippen LogP contribution < -0.4 is 0 Å². The summed E-state index contributed by atoms with van der Waals surface area (Å²) in [5.41, 5.74) is 0.669. The molecule has 3 unspecified atom stereocenters. The van der Waals surface area contributed by atoms with Crippen LogP contribution in [-0.2, 0) is 14.3 Å². The number of esters is 1. The molecule has 0 radical (unpaired) electrons. The molecule has 0 aromatic rings. The molecule has 4 aliphatic carbocycles. The Labute approximate surface area is 184 Å². The molecule has 0 aliphatic heterocycles. The third-order valence-corrected chi connectivity index (χ3v) is 10.8. The molecule has 0 aromatic heterocycles. The second-order valence-electron chi connectivity index (χ2n) is 11.9. The quantitative estimate of drug-likeness (QED) is 0.484. The molecule has 30 heavy (non-hydrogen) atoms. The van der Waals surface area contributed by atoms with E-state index in [1.807, 2.05) is 0 Å². The van der Waals surface area contributed by atoms with Crippen LogP contribution in [0.3, 0.4) is 0 Å². The first-order valence-corrected chi connectivity index (χ1v) is 12.9. The first-order valence-electron chi connectivity index (χ1n) is 12.9. The maximum absolute atomic E-state index is 13.5. The second kappa shape index (κ2) is 8.24. The van der Waals surface area contributed by atoms with Crippen LogP contribution in [0.2, 0.25) is 0 Å². The van der Waals surface area contributed by atoms with E-state index in [1.54, 1.807) is 0 Å². The number of carbonyl (C=O) groups excluding carboxylic acids is 2. The predicted octanol–water partition coefficient (Wildman–Crippen LogP) is 6.44. The van der Waals surface area contributed by atoms with Crippen molar-refractivity contribution >= 4 is 11.8 Å². The van der Waals surface area contributed by atoms with Crippen molar-refractivity contribution in [3.8, 4) is 0 Å². The highest BCUT2D eigenvalue weighted by atomic mass is 16.5. The van der Waals surface area contributed by atoms with Gasteiger partial charge in [-0.25, -0.2) is 0 Å². The summed E-state index contributed by atoms with van der Waals surface area (Å²) in [5.74, 6) is 3.85. The van der Waals surface area contributed by atoms with E-state index in [1.165, 1.54) is 58.5 Å². The van der Waals surface area contributed by atoms with Crippen LogP contribution in [0.25, 0.3) is 0 Å². The number of carbonyl (C=O) groups is 2. The van der Waals surface area contributed by atoms with Crippen molar-refractivity contribution in [2.45, 2.75) is 98.3 Å². The third kappa shape index (κ3) is 3.37. The highest BCUT2D eigenvalue weighted by molar-refractivity contribution is 5.83. The number of hydrogen-bond acceptors (Lipinski definition) is 3. The zero-order chi connectivity index (χ0) is 21.7. The molecule has 0 amide bonds. The van der Waals surface area contributed by atoms with Gasteiger partial charge < -0.3 is 4.74 Å². The fourth-order valence-electron chi connectivity index (χ4n) is 9.15. The number of hydrogen-bond donors (Lipinski definition) is 0. The molecule has 0 aromatic carbocycles. The van der Waals surface area contributed by atoms with E-state index < -0.39 is 0 Å². The molecule has 4 aliphatic rings. The topological polar surface area (TPSA) is 43.4 Å². The molecule has 0 heterocycles. The fourth-order valence-corrected chi connectivity index (χ4v) is 9.15. The minimum atomic E-state index is -0.0496. The lowest BCUT2D eigenvalue weighted by atomic mass is 9.44. The van der Waals surface area contributed by atoms with Crippen molar-refractivity contribution in [1.29, 1.82) is 0 Å². The Balaban J connectivity index is 1.54. The fraction of sp³-hybridized carbons (Fsp3) is 0.926. The normalized spacial score (nSPS) is 45.1. The first kappa shape index (κ1) is 22.3. The molecule has 4 saturated carbocycles. The van der Waals surface area contributed by atoms with Gasteiger partial charge in [-0.3, -0.25) is 9.59 Å². The van der Waals surface area contributed by atoms with Gasteiger partial charge in [-0.15, -0.1) is 0 Å². The Morgan fingerprint density at radius 3 is 2.50 bits per heavy atom. The Bertz CT molecular complexity index is 671. The molecule has 0 N–H and O–H groups in total. The smallest absolute Gasteiger partial charge is 0.308 e. The average molecular weight is 417 g/mol. The maximum atomic E-state index is 13.5. The van der Waals surface area contributed by atoms with Gasteiger partial charge in [-0.2, -0.15) is 0 Å². The van der Waals surface area contributed by atoms with E-state index in [9.17, 15) is 9.59 Å². The molecule has 3 heteroatoms. The Morgan fingerprint density at radius 1 is 1.07 bits per heavy atom. The summed E-state index contributed by atoms with van der Waals surface area (Å²) in [6.45, 7) is 9.50. The zero-order valence-corrected chi connectivity index (χ0v) is 20.0. The number of rotatable bonds is 5. The van der Waals surface area contributed by atoms with Crippen LogP contribution in [0, 0.1) is 52.3 Å². The second-order valence-corrected chi connectivity index (χ2v) is 11.9. The zero-order valence-electron chi connectivity index (χ0n) is 20.0. The summed E-state index contributed by atoms with van der Waals surface area (Å²) < 4.78 is 5.06. The van der Waals surface area contributed by atoms with Gasteiger partial charge in [0.05, 0.1) is 13.0 Å². The summed E-state index contributed by atoms with van der Waals surface area (Å²) in [6, 6.07) is 0. The summed E-state index contributed by atoms with van der Waals surface area (Å²) in [7, 11) is 1.51. The molecule has 0 saturated heterocycles. The number of methoxy groups -OCH3 is 1. The van der Waals surface area contributed by atoms with Gasteiger partial charge in [0.1, 0.15) is 5.78 Å². The summed E-state index contributed by atoms with van der Waals surface area (Å²) in [4.78, 5) is 25.7. The van der Waals surface area contributed by atoms with E-state index in [4.69, 9.17) is 4.74 Å². The van der Waals surface area contributed by atoms with Gasteiger partial charge >= 0.3 is 5.97 Å². The molecule has 3 nitrogen and oxygen atoms in total. The average Bonchev–Trinajstić information content (AvgIpc) is 3.09. The van der Waals surface area contributed by atoms with E-state index in [0.717, 1.165) is 19.3 Å². The number of Topliss-reactive ketones (excluding diaryl/α,β-unsaturated/α-hetero) is 1. The van der Waals surface area contributed by atoms with Crippen LogP contribution >= 0.6 is 0 Å². The van der Waals surface area contributed by atoms with Crippen LogP contribution in [0.5, 0.6) is 0 Å². The number of ether oxygens (including phenoxy) is 1. The van der Waals surface area contributed by atoms with Crippen LogP contribution in [0.15, 0.2) is 0 Å². The Morgan fingerprint density at radius 2 is 1.80 bits per heavy atom. The lowest BCUT2D eigenvalue weighted by molar-refractivity contribution is -0.156. The monoisotopic (exact) mass is 416 g/mol.